The van der Waals surface area contributed by atoms with Gasteiger partial charge >= 0.3 is 0 Å². The maximum atomic E-state index is 11.5. The number of hydrogen-bond acceptors (Lipinski definition) is 6. The molecule has 2 heterocycles. The summed E-state index contributed by atoms with van der Waals surface area (Å²) in [6, 6.07) is 0. The fourth-order valence-electron chi connectivity index (χ4n) is 1.25. The lowest BCUT2D eigenvalue weighted by Gasteiger charge is -1.98. The average molecular weight is 236 g/mol. The number of nitrogens with one attached hydrogen (secondary N) is 2. The van der Waals surface area contributed by atoms with E-state index in [2.05, 4.69) is 30.6 Å². The van der Waals surface area contributed by atoms with Crippen molar-refractivity contribution in [2.45, 2.75) is 20.3 Å². The van der Waals surface area contributed by atoms with Gasteiger partial charge in [0.25, 0.3) is 5.91 Å². The molecule has 0 fully saturated rings. The topological polar surface area (TPSA) is 110 Å². The number of amides is 1. The summed E-state index contributed by atoms with van der Waals surface area (Å²) in [5, 5.41) is 12.6. The zero-order valence-electron chi connectivity index (χ0n) is 9.52. The number of aryl methyl sites for hydroxylation is 2. The monoisotopic (exact) mass is 236 g/mol. The summed E-state index contributed by atoms with van der Waals surface area (Å²) < 4.78 is 4.91. The average Bonchev–Trinajstić information content (AvgIpc) is 2.88. The Morgan fingerprint density at radius 1 is 1.41 bits per heavy atom. The third-order valence-corrected chi connectivity index (χ3v) is 1.99. The number of aromatic amines is 1. The van der Waals surface area contributed by atoms with Gasteiger partial charge in [0.05, 0.1) is 0 Å². The maximum Gasteiger partial charge on any atom is 0.290 e. The molecule has 0 saturated carbocycles. The van der Waals surface area contributed by atoms with Crippen molar-refractivity contribution in [3.63, 3.8) is 0 Å². The van der Waals surface area contributed by atoms with Crippen LogP contribution in [0.25, 0.3) is 0 Å². The Morgan fingerprint density at radius 2 is 2.24 bits per heavy atom. The predicted molar refractivity (Wildman–Crippen MR) is 56.2 cm³/mol. The van der Waals surface area contributed by atoms with Gasteiger partial charge in [0, 0.05) is 13.0 Å². The lowest BCUT2D eigenvalue weighted by molar-refractivity contribution is 0.0943. The molecule has 90 valence electrons. The molecule has 17 heavy (non-hydrogen) atoms. The molecule has 8 nitrogen and oxygen atoms in total. The van der Waals surface area contributed by atoms with E-state index in [1.807, 2.05) is 0 Å². The molecule has 0 atom stereocenters. The minimum absolute atomic E-state index is 0.129. The Balaban J connectivity index is 1.81. The summed E-state index contributed by atoms with van der Waals surface area (Å²) in [7, 11) is 0. The maximum absolute atomic E-state index is 11.5. The van der Waals surface area contributed by atoms with Crippen LogP contribution in [0, 0.1) is 13.8 Å². The molecule has 0 aromatic carbocycles. The second-order valence-corrected chi connectivity index (χ2v) is 3.49. The van der Waals surface area contributed by atoms with Gasteiger partial charge < -0.3 is 9.84 Å². The quantitative estimate of drug-likeness (QED) is 0.759. The Morgan fingerprint density at radius 3 is 2.82 bits per heavy atom. The van der Waals surface area contributed by atoms with Crippen molar-refractivity contribution < 1.29 is 9.32 Å². The molecule has 0 aliphatic rings. The number of H-pyrrole nitrogens is 1. The molecule has 0 radical (unpaired) electrons. The molecule has 2 aromatic heterocycles. The van der Waals surface area contributed by atoms with Crippen molar-refractivity contribution in [1.82, 2.24) is 30.6 Å². The van der Waals surface area contributed by atoms with Crippen LogP contribution >= 0.6 is 0 Å². The van der Waals surface area contributed by atoms with Gasteiger partial charge in [0.1, 0.15) is 5.82 Å². The molecular formula is C9H12N6O2. The lowest BCUT2D eigenvalue weighted by atomic mass is 10.4. The van der Waals surface area contributed by atoms with E-state index in [0.717, 1.165) is 0 Å². The number of carbonyl (C=O) groups is 1. The normalized spacial score (nSPS) is 10.5. The van der Waals surface area contributed by atoms with E-state index in [9.17, 15) is 4.79 Å². The summed E-state index contributed by atoms with van der Waals surface area (Å²) in [5.74, 6) is 1.47. The van der Waals surface area contributed by atoms with Gasteiger partial charge in [-0.25, -0.2) is 4.98 Å². The summed E-state index contributed by atoms with van der Waals surface area (Å²) in [6.07, 6.45) is 0.482. The second-order valence-electron chi connectivity index (χ2n) is 3.49. The number of nitrogens with zero attached hydrogens (tertiary/aromatic N) is 4. The second kappa shape index (κ2) is 4.73. The first-order valence-corrected chi connectivity index (χ1v) is 5.11. The van der Waals surface area contributed by atoms with E-state index in [0.29, 0.717) is 30.5 Å². The fourth-order valence-corrected chi connectivity index (χ4v) is 1.25. The molecular weight excluding hydrogens is 224 g/mol. The molecule has 2 N–H and O–H groups in total. The van der Waals surface area contributed by atoms with Crippen LogP contribution in [-0.2, 0) is 6.42 Å². The standard InChI is InChI=1S/C9H12N6O2/c1-5-12-8(14-13-5)9(16)10-4-3-7-11-6(2)15-17-7/h3-4H2,1-2H3,(H,10,16)(H,12,13,14). The molecule has 0 aliphatic carbocycles. The van der Waals surface area contributed by atoms with Crippen molar-refractivity contribution in [2.75, 3.05) is 6.54 Å². The van der Waals surface area contributed by atoms with Crippen LogP contribution < -0.4 is 5.32 Å². The summed E-state index contributed by atoms with van der Waals surface area (Å²) in [5.41, 5.74) is 0. The largest absolute Gasteiger partial charge is 0.349 e. The lowest BCUT2D eigenvalue weighted by Crippen LogP contribution is -2.26. The highest BCUT2D eigenvalue weighted by Gasteiger charge is 2.11. The molecule has 1 amide bonds. The van der Waals surface area contributed by atoms with Gasteiger partial charge in [-0.1, -0.05) is 5.16 Å². The van der Waals surface area contributed by atoms with E-state index < -0.39 is 0 Å². The van der Waals surface area contributed by atoms with Crippen LogP contribution in [-0.4, -0.2) is 37.8 Å². The number of rotatable bonds is 4. The van der Waals surface area contributed by atoms with E-state index in [1.165, 1.54) is 0 Å². The predicted octanol–water partition coefficient (Wildman–Crippen LogP) is -0.223. The van der Waals surface area contributed by atoms with Crippen LogP contribution in [0.3, 0.4) is 0 Å². The van der Waals surface area contributed by atoms with Crippen LogP contribution in [0.4, 0.5) is 0 Å². The van der Waals surface area contributed by atoms with Crippen LogP contribution in [0.5, 0.6) is 0 Å². The van der Waals surface area contributed by atoms with Gasteiger partial charge in [0.15, 0.2) is 5.82 Å². The highest BCUT2D eigenvalue weighted by atomic mass is 16.5. The van der Waals surface area contributed by atoms with Crippen molar-refractivity contribution >= 4 is 5.91 Å². The van der Waals surface area contributed by atoms with Crippen LogP contribution in [0.15, 0.2) is 4.52 Å². The van der Waals surface area contributed by atoms with Crippen molar-refractivity contribution in [2.24, 2.45) is 0 Å². The summed E-state index contributed by atoms with van der Waals surface area (Å²) in [4.78, 5) is 19.5. The Labute approximate surface area is 96.8 Å². The Kier molecular flexibility index (Phi) is 3.12. The molecule has 0 unspecified atom stereocenters. The molecule has 0 saturated heterocycles. The zero-order valence-corrected chi connectivity index (χ0v) is 9.52. The van der Waals surface area contributed by atoms with Gasteiger partial charge in [-0.15, -0.1) is 5.10 Å². The third kappa shape index (κ3) is 2.86. The molecule has 8 heteroatoms. The number of aromatic nitrogens is 5. The van der Waals surface area contributed by atoms with Gasteiger partial charge in [-0.3, -0.25) is 9.89 Å². The third-order valence-electron chi connectivity index (χ3n) is 1.99. The SMILES string of the molecule is Cc1noc(CCNC(=O)c2n[nH]c(C)n2)n1. The Hall–Kier alpha value is -2.25. The number of carbonyl (C=O) groups excluding carboxylic acids is 1. The Bertz CT molecular complexity index is 517. The van der Waals surface area contributed by atoms with Crippen molar-refractivity contribution in [3.8, 4) is 0 Å². The zero-order chi connectivity index (χ0) is 12.3. The van der Waals surface area contributed by atoms with Gasteiger partial charge in [0.2, 0.25) is 11.7 Å². The van der Waals surface area contributed by atoms with E-state index in [-0.39, 0.29) is 11.7 Å². The van der Waals surface area contributed by atoms with Crippen LogP contribution in [0.2, 0.25) is 0 Å². The van der Waals surface area contributed by atoms with Crippen molar-refractivity contribution in [3.05, 3.63) is 23.4 Å². The summed E-state index contributed by atoms with van der Waals surface area (Å²) >= 11 is 0. The smallest absolute Gasteiger partial charge is 0.290 e. The molecule has 0 aliphatic heterocycles. The van der Waals surface area contributed by atoms with E-state index in [1.54, 1.807) is 13.8 Å². The highest BCUT2D eigenvalue weighted by molar-refractivity contribution is 5.90. The first-order valence-electron chi connectivity index (χ1n) is 5.11. The fraction of sp³-hybridized carbons (Fsp3) is 0.444. The van der Waals surface area contributed by atoms with Crippen molar-refractivity contribution in [1.29, 1.82) is 0 Å². The van der Waals surface area contributed by atoms with Gasteiger partial charge in [-0.05, 0) is 13.8 Å². The molecule has 2 aromatic rings. The minimum atomic E-state index is -0.328. The molecule has 0 bridgehead atoms. The minimum Gasteiger partial charge on any atom is -0.349 e. The molecule has 0 spiro atoms. The van der Waals surface area contributed by atoms with E-state index >= 15 is 0 Å². The van der Waals surface area contributed by atoms with Crippen LogP contribution in [0.1, 0.15) is 28.2 Å². The summed E-state index contributed by atoms with van der Waals surface area (Å²) in [6.45, 7) is 3.86. The van der Waals surface area contributed by atoms with E-state index in [4.69, 9.17) is 4.52 Å². The first-order chi connectivity index (χ1) is 8.15. The number of hydrogen-bond donors (Lipinski definition) is 2. The molecule has 2 rings (SSSR count). The highest BCUT2D eigenvalue weighted by Crippen LogP contribution is 1.96. The van der Waals surface area contributed by atoms with Gasteiger partial charge in [-0.2, -0.15) is 4.98 Å². The first kappa shape index (κ1) is 11.2.